The van der Waals surface area contributed by atoms with E-state index in [4.69, 9.17) is 5.73 Å². The monoisotopic (exact) mass is 300 g/mol. The van der Waals surface area contributed by atoms with Gasteiger partial charge in [0, 0.05) is 17.1 Å². The standard InChI is InChI=1S/C17H20N2OS/c1-13(14-7-3-2-4-8-14)11-19-15-9-5-6-10-16(15)21-12-17(18)20/h2-10,13,19H,11-12H2,1H3,(H2,18,20). The molecule has 0 aliphatic heterocycles. The molecule has 0 aromatic heterocycles. The van der Waals surface area contributed by atoms with E-state index in [-0.39, 0.29) is 5.91 Å². The summed E-state index contributed by atoms with van der Waals surface area (Å²) in [5, 5.41) is 3.46. The molecule has 3 N–H and O–H groups in total. The van der Waals surface area contributed by atoms with Gasteiger partial charge in [0.1, 0.15) is 0 Å². The van der Waals surface area contributed by atoms with Gasteiger partial charge in [-0.1, -0.05) is 49.4 Å². The number of hydrogen-bond acceptors (Lipinski definition) is 3. The van der Waals surface area contributed by atoms with E-state index in [1.807, 2.05) is 30.3 Å². The number of nitrogens with one attached hydrogen (secondary N) is 1. The minimum absolute atomic E-state index is 0.299. The van der Waals surface area contributed by atoms with Gasteiger partial charge in [0.2, 0.25) is 5.91 Å². The second-order valence-corrected chi connectivity index (χ2v) is 5.96. The van der Waals surface area contributed by atoms with Crippen molar-refractivity contribution in [3.05, 3.63) is 60.2 Å². The minimum atomic E-state index is -0.299. The summed E-state index contributed by atoms with van der Waals surface area (Å²) in [4.78, 5) is 12.0. The van der Waals surface area contributed by atoms with Gasteiger partial charge in [0.05, 0.1) is 5.75 Å². The van der Waals surface area contributed by atoms with E-state index in [2.05, 4.69) is 36.5 Å². The molecule has 21 heavy (non-hydrogen) atoms. The third kappa shape index (κ3) is 4.83. The van der Waals surface area contributed by atoms with Crippen molar-refractivity contribution >= 4 is 23.4 Å². The number of hydrogen-bond donors (Lipinski definition) is 2. The van der Waals surface area contributed by atoms with Crippen LogP contribution in [-0.4, -0.2) is 18.2 Å². The first-order chi connectivity index (χ1) is 10.2. The van der Waals surface area contributed by atoms with Crippen molar-refractivity contribution in [1.82, 2.24) is 0 Å². The molecule has 1 unspecified atom stereocenters. The largest absolute Gasteiger partial charge is 0.384 e. The van der Waals surface area contributed by atoms with E-state index < -0.39 is 0 Å². The molecule has 0 heterocycles. The number of anilines is 1. The lowest BCUT2D eigenvalue weighted by atomic mass is 10.0. The van der Waals surface area contributed by atoms with Crippen molar-refractivity contribution in [2.75, 3.05) is 17.6 Å². The van der Waals surface area contributed by atoms with Gasteiger partial charge in [-0.25, -0.2) is 0 Å². The SMILES string of the molecule is CC(CNc1ccccc1SCC(N)=O)c1ccccc1. The molecule has 3 nitrogen and oxygen atoms in total. The number of nitrogens with two attached hydrogens (primary N) is 1. The Morgan fingerprint density at radius 2 is 1.81 bits per heavy atom. The molecule has 0 radical (unpaired) electrons. The Morgan fingerprint density at radius 1 is 1.14 bits per heavy atom. The van der Waals surface area contributed by atoms with Crippen molar-refractivity contribution < 1.29 is 4.79 Å². The van der Waals surface area contributed by atoms with E-state index in [1.54, 1.807) is 0 Å². The number of rotatable bonds is 7. The van der Waals surface area contributed by atoms with E-state index >= 15 is 0 Å². The molecule has 0 aliphatic rings. The zero-order chi connectivity index (χ0) is 15.1. The second kappa shape index (κ2) is 7.74. The highest BCUT2D eigenvalue weighted by Gasteiger charge is 2.07. The zero-order valence-electron chi connectivity index (χ0n) is 12.1. The average Bonchev–Trinajstić information content (AvgIpc) is 2.52. The lowest BCUT2D eigenvalue weighted by molar-refractivity contribution is -0.115. The number of carbonyl (C=O) groups is 1. The Balaban J connectivity index is 1.98. The Bertz CT molecular complexity index is 586. The molecule has 2 rings (SSSR count). The first kappa shape index (κ1) is 15.4. The topological polar surface area (TPSA) is 55.1 Å². The Kier molecular flexibility index (Phi) is 5.69. The normalized spacial score (nSPS) is 11.9. The Morgan fingerprint density at radius 3 is 2.52 bits per heavy atom. The Hall–Kier alpha value is -1.94. The molecule has 0 spiro atoms. The van der Waals surface area contributed by atoms with Crippen LogP contribution in [-0.2, 0) is 4.79 Å². The van der Waals surface area contributed by atoms with Crippen LogP contribution in [0.3, 0.4) is 0 Å². The second-order valence-electron chi connectivity index (χ2n) is 4.94. The van der Waals surface area contributed by atoms with E-state index in [0.717, 1.165) is 17.1 Å². The predicted octanol–water partition coefficient (Wildman–Crippen LogP) is 3.48. The fourth-order valence-electron chi connectivity index (χ4n) is 2.05. The quantitative estimate of drug-likeness (QED) is 0.770. The Labute approximate surface area is 129 Å². The van der Waals surface area contributed by atoms with Gasteiger partial charge in [-0.3, -0.25) is 4.79 Å². The summed E-state index contributed by atoms with van der Waals surface area (Å²) < 4.78 is 0. The van der Waals surface area contributed by atoms with Gasteiger partial charge < -0.3 is 11.1 Å². The summed E-state index contributed by atoms with van der Waals surface area (Å²) >= 11 is 1.47. The maximum atomic E-state index is 10.9. The molecule has 0 saturated heterocycles. The van der Waals surface area contributed by atoms with Crippen LogP contribution in [0.5, 0.6) is 0 Å². The van der Waals surface area contributed by atoms with Crippen molar-refractivity contribution in [2.45, 2.75) is 17.7 Å². The average molecular weight is 300 g/mol. The molecule has 4 heteroatoms. The number of para-hydroxylation sites is 1. The highest BCUT2D eigenvalue weighted by Crippen LogP contribution is 2.27. The summed E-state index contributed by atoms with van der Waals surface area (Å²) in [6.07, 6.45) is 0. The highest BCUT2D eigenvalue weighted by atomic mass is 32.2. The zero-order valence-corrected chi connectivity index (χ0v) is 12.9. The van der Waals surface area contributed by atoms with Crippen molar-refractivity contribution in [3.63, 3.8) is 0 Å². The highest BCUT2D eigenvalue weighted by molar-refractivity contribution is 8.00. The maximum absolute atomic E-state index is 10.9. The lowest BCUT2D eigenvalue weighted by Crippen LogP contribution is -2.14. The van der Waals surface area contributed by atoms with Crippen LogP contribution in [0.15, 0.2) is 59.5 Å². The fourth-order valence-corrected chi connectivity index (χ4v) is 2.82. The molecule has 0 saturated carbocycles. The number of thioether (sulfide) groups is 1. The van der Waals surface area contributed by atoms with Crippen LogP contribution in [0.4, 0.5) is 5.69 Å². The maximum Gasteiger partial charge on any atom is 0.227 e. The van der Waals surface area contributed by atoms with Gasteiger partial charge in [-0.05, 0) is 23.6 Å². The van der Waals surface area contributed by atoms with E-state index in [1.165, 1.54) is 17.3 Å². The number of carbonyl (C=O) groups excluding carboxylic acids is 1. The van der Waals surface area contributed by atoms with Crippen molar-refractivity contribution in [3.8, 4) is 0 Å². The van der Waals surface area contributed by atoms with Crippen molar-refractivity contribution in [1.29, 1.82) is 0 Å². The van der Waals surface area contributed by atoms with Crippen LogP contribution in [0.25, 0.3) is 0 Å². The third-order valence-corrected chi connectivity index (χ3v) is 4.32. The first-order valence-electron chi connectivity index (χ1n) is 6.96. The fraction of sp³-hybridized carbons (Fsp3) is 0.235. The molecule has 0 bridgehead atoms. The number of benzene rings is 2. The third-order valence-electron chi connectivity index (χ3n) is 3.22. The van der Waals surface area contributed by atoms with Gasteiger partial charge in [0.25, 0.3) is 0 Å². The van der Waals surface area contributed by atoms with Crippen LogP contribution >= 0.6 is 11.8 Å². The molecule has 0 fully saturated rings. The summed E-state index contributed by atoms with van der Waals surface area (Å²) in [6.45, 7) is 3.04. The van der Waals surface area contributed by atoms with Crippen LogP contribution in [0, 0.1) is 0 Å². The summed E-state index contributed by atoms with van der Waals surface area (Å²) in [7, 11) is 0. The van der Waals surface area contributed by atoms with Crippen LogP contribution in [0.1, 0.15) is 18.4 Å². The summed E-state index contributed by atoms with van der Waals surface area (Å²) in [6, 6.07) is 18.4. The summed E-state index contributed by atoms with van der Waals surface area (Å²) in [5.41, 5.74) is 7.57. The van der Waals surface area contributed by atoms with Gasteiger partial charge in [-0.15, -0.1) is 11.8 Å². The minimum Gasteiger partial charge on any atom is -0.384 e. The number of primary amides is 1. The van der Waals surface area contributed by atoms with Crippen molar-refractivity contribution in [2.24, 2.45) is 5.73 Å². The van der Waals surface area contributed by atoms with Gasteiger partial charge in [-0.2, -0.15) is 0 Å². The predicted molar refractivity (Wildman–Crippen MR) is 89.7 cm³/mol. The molecule has 0 aliphatic carbocycles. The molecular formula is C17H20N2OS. The molecule has 1 amide bonds. The van der Waals surface area contributed by atoms with E-state index in [0.29, 0.717) is 11.7 Å². The molecular weight excluding hydrogens is 280 g/mol. The molecule has 2 aromatic carbocycles. The van der Waals surface area contributed by atoms with Crippen LogP contribution in [0.2, 0.25) is 0 Å². The first-order valence-corrected chi connectivity index (χ1v) is 7.94. The van der Waals surface area contributed by atoms with Gasteiger partial charge in [0.15, 0.2) is 0 Å². The van der Waals surface area contributed by atoms with Crippen LogP contribution < -0.4 is 11.1 Å². The van der Waals surface area contributed by atoms with Gasteiger partial charge >= 0.3 is 0 Å². The molecule has 110 valence electrons. The molecule has 2 aromatic rings. The number of amides is 1. The smallest absolute Gasteiger partial charge is 0.227 e. The summed E-state index contributed by atoms with van der Waals surface area (Å²) in [5.74, 6) is 0.417. The van der Waals surface area contributed by atoms with E-state index in [9.17, 15) is 4.79 Å². The molecule has 1 atom stereocenters. The lowest BCUT2D eigenvalue weighted by Gasteiger charge is -2.16.